The fourth-order valence-electron chi connectivity index (χ4n) is 1.08. The molecule has 1 aromatic carbocycles. The van der Waals surface area contributed by atoms with Crippen LogP contribution >= 0.6 is 0 Å². The zero-order chi connectivity index (χ0) is 13.0. The van der Waals surface area contributed by atoms with Gasteiger partial charge in [0.25, 0.3) is 5.91 Å². The van der Waals surface area contributed by atoms with Crippen molar-refractivity contribution in [2.24, 2.45) is 10.9 Å². The summed E-state index contributed by atoms with van der Waals surface area (Å²) in [6.07, 6.45) is 0. The molecule has 0 aliphatic carbocycles. The number of amidine groups is 1. The molecule has 0 aromatic heterocycles. The molecule has 92 valence electrons. The van der Waals surface area contributed by atoms with E-state index in [4.69, 9.17) is 10.9 Å². The summed E-state index contributed by atoms with van der Waals surface area (Å²) in [4.78, 5) is 11.5. The lowest BCUT2D eigenvalue weighted by Gasteiger charge is -2.12. The lowest BCUT2D eigenvalue weighted by molar-refractivity contribution is 0.0948. The summed E-state index contributed by atoms with van der Waals surface area (Å²) >= 11 is 0. The summed E-state index contributed by atoms with van der Waals surface area (Å²) in [7, 11) is 0. The average Bonchev–Trinajstić information content (AvgIpc) is 2.31. The molecule has 0 radical (unpaired) electrons. The molecule has 0 spiro atoms. The first-order valence-electron chi connectivity index (χ1n) is 4.69. The number of benzene rings is 1. The van der Waals surface area contributed by atoms with E-state index in [1.807, 2.05) is 0 Å². The van der Waals surface area contributed by atoms with Crippen molar-refractivity contribution in [1.29, 1.82) is 0 Å². The molecular formula is C10H11F2N3O2. The highest BCUT2D eigenvalue weighted by Gasteiger charge is 2.14. The molecule has 1 atom stereocenters. The van der Waals surface area contributed by atoms with Gasteiger partial charge < -0.3 is 16.3 Å². The fourth-order valence-corrected chi connectivity index (χ4v) is 1.08. The van der Waals surface area contributed by atoms with Crippen LogP contribution in [0.4, 0.5) is 8.78 Å². The molecular weight excluding hydrogens is 232 g/mol. The lowest BCUT2D eigenvalue weighted by atomic mass is 10.2. The number of nitrogens with zero attached hydrogens (tertiary/aromatic N) is 1. The van der Waals surface area contributed by atoms with Gasteiger partial charge in [-0.25, -0.2) is 8.78 Å². The molecule has 17 heavy (non-hydrogen) atoms. The number of nitrogens with one attached hydrogen (secondary N) is 1. The van der Waals surface area contributed by atoms with Crippen LogP contribution in [-0.2, 0) is 0 Å². The summed E-state index contributed by atoms with van der Waals surface area (Å²) in [6, 6.07) is 2.02. The van der Waals surface area contributed by atoms with Crippen LogP contribution in [0.1, 0.15) is 17.3 Å². The van der Waals surface area contributed by atoms with Crippen LogP contribution in [0.3, 0.4) is 0 Å². The quantitative estimate of drug-likeness (QED) is 0.318. The Morgan fingerprint density at radius 1 is 1.47 bits per heavy atom. The third-order valence-electron chi connectivity index (χ3n) is 2.09. The van der Waals surface area contributed by atoms with Crippen molar-refractivity contribution in [3.05, 3.63) is 35.4 Å². The van der Waals surface area contributed by atoms with Gasteiger partial charge in [0, 0.05) is 5.56 Å². The number of carbonyl (C=O) groups is 1. The van der Waals surface area contributed by atoms with Crippen LogP contribution in [0.2, 0.25) is 0 Å². The van der Waals surface area contributed by atoms with E-state index >= 15 is 0 Å². The monoisotopic (exact) mass is 243 g/mol. The molecule has 0 saturated heterocycles. The molecule has 1 amide bonds. The third-order valence-corrected chi connectivity index (χ3v) is 2.09. The van der Waals surface area contributed by atoms with Crippen molar-refractivity contribution in [1.82, 2.24) is 5.32 Å². The highest BCUT2D eigenvalue weighted by atomic mass is 19.2. The average molecular weight is 243 g/mol. The van der Waals surface area contributed by atoms with E-state index in [1.165, 1.54) is 6.92 Å². The molecule has 0 fully saturated rings. The maximum Gasteiger partial charge on any atom is 0.251 e. The molecule has 7 heteroatoms. The molecule has 0 bridgehead atoms. The van der Waals surface area contributed by atoms with Gasteiger partial charge in [-0.2, -0.15) is 0 Å². The zero-order valence-electron chi connectivity index (χ0n) is 8.95. The highest BCUT2D eigenvalue weighted by Crippen LogP contribution is 2.08. The standard InChI is InChI=1S/C10H11F2N3O2/c1-5(9(13)15-17)14-10(16)6-2-3-7(11)8(12)4-6/h2-5,17H,1H3,(H2,13,15)(H,14,16). The van der Waals surface area contributed by atoms with Crippen molar-refractivity contribution in [3.63, 3.8) is 0 Å². The Morgan fingerprint density at radius 3 is 2.65 bits per heavy atom. The normalized spacial score (nSPS) is 13.2. The Bertz CT molecular complexity index is 463. The van der Waals surface area contributed by atoms with Gasteiger partial charge in [-0.05, 0) is 25.1 Å². The minimum absolute atomic E-state index is 0.0542. The molecule has 4 N–H and O–H groups in total. The van der Waals surface area contributed by atoms with Crippen LogP contribution < -0.4 is 11.1 Å². The van der Waals surface area contributed by atoms with E-state index in [2.05, 4.69) is 10.5 Å². The molecule has 1 unspecified atom stereocenters. The molecule has 0 aliphatic rings. The smallest absolute Gasteiger partial charge is 0.251 e. The van der Waals surface area contributed by atoms with Crippen molar-refractivity contribution >= 4 is 11.7 Å². The van der Waals surface area contributed by atoms with Crippen LogP contribution in [0, 0.1) is 11.6 Å². The predicted molar refractivity (Wildman–Crippen MR) is 56.7 cm³/mol. The lowest BCUT2D eigenvalue weighted by Crippen LogP contribution is -2.42. The van der Waals surface area contributed by atoms with Gasteiger partial charge in [0.2, 0.25) is 0 Å². The van der Waals surface area contributed by atoms with Crippen LogP contribution in [0.5, 0.6) is 0 Å². The SMILES string of the molecule is CC(NC(=O)c1ccc(F)c(F)c1)/C(N)=N/O. The predicted octanol–water partition coefficient (Wildman–Crippen LogP) is 0.830. The Morgan fingerprint density at radius 2 is 2.12 bits per heavy atom. The summed E-state index contributed by atoms with van der Waals surface area (Å²) < 4.78 is 25.5. The van der Waals surface area contributed by atoms with Crippen LogP contribution in [0.25, 0.3) is 0 Å². The zero-order valence-corrected chi connectivity index (χ0v) is 8.95. The fraction of sp³-hybridized carbons (Fsp3) is 0.200. The first kappa shape index (κ1) is 12.9. The van der Waals surface area contributed by atoms with Crippen molar-refractivity contribution in [2.45, 2.75) is 13.0 Å². The molecule has 0 aliphatic heterocycles. The number of amides is 1. The van der Waals surface area contributed by atoms with E-state index in [0.29, 0.717) is 0 Å². The maximum atomic E-state index is 12.9. The number of rotatable bonds is 3. The van der Waals surface area contributed by atoms with E-state index in [9.17, 15) is 13.6 Å². The minimum atomic E-state index is -1.12. The van der Waals surface area contributed by atoms with Gasteiger partial charge in [-0.15, -0.1) is 0 Å². The van der Waals surface area contributed by atoms with E-state index in [1.54, 1.807) is 0 Å². The number of hydrogen-bond acceptors (Lipinski definition) is 3. The Labute approximate surface area is 95.9 Å². The first-order valence-corrected chi connectivity index (χ1v) is 4.69. The molecule has 5 nitrogen and oxygen atoms in total. The summed E-state index contributed by atoms with van der Waals surface area (Å²) in [5.74, 6) is -3.00. The number of carbonyl (C=O) groups excluding carboxylic acids is 1. The first-order chi connectivity index (χ1) is 7.95. The van der Waals surface area contributed by atoms with Crippen molar-refractivity contribution < 1.29 is 18.8 Å². The second-order valence-electron chi connectivity index (χ2n) is 3.35. The largest absolute Gasteiger partial charge is 0.409 e. The van der Waals surface area contributed by atoms with Crippen molar-refractivity contribution in [2.75, 3.05) is 0 Å². The number of oxime groups is 1. The summed E-state index contributed by atoms with van der Waals surface area (Å²) in [6.45, 7) is 1.48. The van der Waals surface area contributed by atoms with E-state index in [0.717, 1.165) is 18.2 Å². The topological polar surface area (TPSA) is 87.7 Å². The molecule has 0 saturated carbocycles. The molecule has 1 aromatic rings. The second-order valence-corrected chi connectivity index (χ2v) is 3.35. The van der Waals surface area contributed by atoms with Gasteiger partial charge >= 0.3 is 0 Å². The maximum absolute atomic E-state index is 12.9. The van der Waals surface area contributed by atoms with Gasteiger partial charge in [0.05, 0.1) is 6.04 Å². The van der Waals surface area contributed by atoms with Crippen LogP contribution in [0.15, 0.2) is 23.4 Å². The number of nitrogens with two attached hydrogens (primary N) is 1. The number of hydrogen-bond donors (Lipinski definition) is 3. The summed E-state index contributed by atoms with van der Waals surface area (Å²) in [5, 5.41) is 13.4. The number of halogens is 2. The van der Waals surface area contributed by atoms with Gasteiger partial charge in [0.1, 0.15) is 0 Å². The van der Waals surface area contributed by atoms with Gasteiger partial charge in [-0.1, -0.05) is 5.16 Å². The minimum Gasteiger partial charge on any atom is -0.409 e. The molecule has 0 heterocycles. The third kappa shape index (κ3) is 3.13. The van der Waals surface area contributed by atoms with E-state index in [-0.39, 0.29) is 11.4 Å². The Hall–Kier alpha value is -2.18. The van der Waals surface area contributed by atoms with E-state index < -0.39 is 23.6 Å². The Balaban J connectivity index is 2.80. The molecule has 1 rings (SSSR count). The van der Waals surface area contributed by atoms with Crippen molar-refractivity contribution in [3.8, 4) is 0 Å². The Kier molecular flexibility index (Phi) is 3.97. The highest BCUT2D eigenvalue weighted by molar-refractivity contribution is 5.98. The van der Waals surface area contributed by atoms with Crippen LogP contribution in [-0.4, -0.2) is 23.0 Å². The van der Waals surface area contributed by atoms with Gasteiger partial charge in [-0.3, -0.25) is 4.79 Å². The van der Waals surface area contributed by atoms with Gasteiger partial charge in [0.15, 0.2) is 17.5 Å². The summed E-state index contributed by atoms with van der Waals surface area (Å²) in [5.41, 5.74) is 5.19. The second kappa shape index (κ2) is 5.24.